The molecule has 2 unspecified atom stereocenters. The van der Waals surface area contributed by atoms with Crippen molar-refractivity contribution < 1.29 is 5.11 Å². The number of benzene rings is 1. The fraction of sp³-hybridized carbons (Fsp3) is 0.278. The zero-order valence-corrected chi connectivity index (χ0v) is 15.1. The van der Waals surface area contributed by atoms with E-state index in [1.165, 1.54) is 9.13 Å². The van der Waals surface area contributed by atoms with Crippen molar-refractivity contribution in [2.75, 3.05) is 0 Å². The van der Waals surface area contributed by atoms with Gasteiger partial charge in [0.05, 0.1) is 6.20 Å². The van der Waals surface area contributed by atoms with E-state index < -0.39 is 26.3 Å². The van der Waals surface area contributed by atoms with Crippen LogP contribution < -0.4 is 0 Å². The van der Waals surface area contributed by atoms with E-state index in [9.17, 15) is 5.11 Å². The minimum atomic E-state index is -1.15. The Morgan fingerprint density at radius 2 is 2.30 bits per heavy atom. The maximum Gasteiger partial charge on any atom is 0.142 e. The maximum absolute atomic E-state index is 11.9. The van der Waals surface area contributed by atoms with Gasteiger partial charge in [-0.25, -0.2) is 0 Å². The second-order valence-electron chi connectivity index (χ2n) is 6.05. The summed E-state index contributed by atoms with van der Waals surface area (Å²) in [6, 6.07) is 6.32. The standard InChI is InChI=1S/C18H18IN3O/c1-19-16-5-3-4-15-12-6-7-13(9-20-8-12)18(23,17(15)16)14-10-21-22(2)11-14/h3-5,8-12,23H,1,6-7H2,2H3. The highest BCUT2D eigenvalue weighted by Crippen LogP contribution is 2.48. The molecular weight excluding hydrogens is 401 g/mol. The lowest BCUT2D eigenvalue weighted by Gasteiger charge is -2.32. The van der Waals surface area contributed by atoms with Crippen LogP contribution in [0, 0.1) is 3.57 Å². The summed E-state index contributed by atoms with van der Waals surface area (Å²) in [7, 11) is 1.88. The molecular formula is C18H18IN3O. The van der Waals surface area contributed by atoms with Gasteiger partial charge in [0, 0.05) is 46.3 Å². The van der Waals surface area contributed by atoms with Gasteiger partial charge in [0.1, 0.15) is 5.60 Å². The van der Waals surface area contributed by atoms with Gasteiger partial charge in [-0.05, 0) is 30.0 Å². The molecule has 0 saturated carbocycles. The van der Waals surface area contributed by atoms with Crippen LogP contribution in [0.4, 0.5) is 0 Å². The van der Waals surface area contributed by atoms with Crippen LogP contribution in [-0.2, 0) is 12.6 Å². The minimum absolute atomic E-state index is 0.250. The van der Waals surface area contributed by atoms with E-state index in [2.05, 4.69) is 32.8 Å². The zero-order chi connectivity index (χ0) is 16.0. The summed E-state index contributed by atoms with van der Waals surface area (Å²) >= 11 is -0.394. The van der Waals surface area contributed by atoms with Crippen molar-refractivity contribution in [1.29, 1.82) is 0 Å². The van der Waals surface area contributed by atoms with E-state index in [1.807, 2.05) is 25.7 Å². The molecule has 0 amide bonds. The Hall–Kier alpha value is -1.60. The minimum Gasteiger partial charge on any atom is -0.376 e. The Kier molecular flexibility index (Phi) is 3.57. The van der Waals surface area contributed by atoms with Crippen LogP contribution in [-0.4, -0.2) is 25.6 Å². The first kappa shape index (κ1) is 15.0. The molecule has 2 aromatic rings. The van der Waals surface area contributed by atoms with Crippen LogP contribution in [0.3, 0.4) is 0 Å². The number of aliphatic imine (C=N–C) groups is 1. The van der Waals surface area contributed by atoms with Gasteiger partial charge in [0.25, 0.3) is 0 Å². The summed E-state index contributed by atoms with van der Waals surface area (Å²) in [6.45, 7) is 0. The third-order valence-corrected chi connectivity index (χ3v) is 6.48. The number of nitrogens with zero attached hydrogens (tertiary/aromatic N) is 3. The van der Waals surface area contributed by atoms with Gasteiger partial charge < -0.3 is 5.11 Å². The van der Waals surface area contributed by atoms with Gasteiger partial charge in [-0.2, -0.15) is 5.10 Å². The van der Waals surface area contributed by atoms with E-state index in [1.54, 1.807) is 10.9 Å². The molecule has 1 aromatic carbocycles. The molecule has 0 saturated heterocycles. The van der Waals surface area contributed by atoms with E-state index in [0.29, 0.717) is 0 Å². The monoisotopic (exact) mass is 419 g/mol. The molecule has 4 rings (SSSR count). The van der Waals surface area contributed by atoms with E-state index >= 15 is 0 Å². The van der Waals surface area contributed by atoms with Crippen molar-refractivity contribution in [2.24, 2.45) is 12.0 Å². The van der Waals surface area contributed by atoms with Crippen LogP contribution >= 0.6 is 20.7 Å². The van der Waals surface area contributed by atoms with Crippen LogP contribution in [0.1, 0.15) is 35.4 Å². The topological polar surface area (TPSA) is 50.4 Å². The number of fused-ring (bicyclic) bond motifs is 5. The molecule has 23 heavy (non-hydrogen) atoms. The molecule has 2 aliphatic rings. The molecule has 4 nitrogen and oxygen atoms in total. The van der Waals surface area contributed by atoms with Crippen molar-refractivity contribution in [3.63, 3.8) is 0 Å². The molecule has 1 N–H and O–H groups in total. The average molecular weight is 419 g/mol. The van der Waals surface area contributed by atoms with Gasteiger partial charge in [0.15, 0.2) is 0 Å². The highest BCUT2D eigenvalue weighted by Gasteiger charge is 2.43. The summed E-state index contributed by atoms with van der Waals surface area (Å²) in [6.07, 6.45) is 9.33. The number of hydrogen-bond acceptors (Lipinski definition) is 3. The third-order valence-electron chi connectivity index (χ3n) is 4.76. The Bertz CT molecular complexity index is 852. The lowest BCUT2D eigenvalue weighted by molar-refractivity contribution is 0.117. The number of halogens is 1. The van der Waals surface area contributed by atoms with E-state index in [4.69, 9.17) is 0 Å². The molecule has 1 aliphatic heterocycles. The highest BCUT2D eigenvalue weighted by molar-refractivity contribution is 14.2. The van der Waals surface area contributed by atoms with Crippen LogP contribution in [0.15, 0.2) is 47.4 Å². The molecule has 118 valence electrons. The largest absolute Gasteiger partial charge is 0.376 e. The molecule has 2 bridgehead atoms. The normalized spacial score (nSPS) is 25.7. The zero-order valence-electron chi connectivity index (χ0n) is 12.9. The molecule has 5 heteroatoms. The summed E-state index contributed by atoms with van der Waals surface area (Å²) in [5, 5.41) is 16.2. The maximum atomic E-state index is 11.9. The van der Waals surface area contributed by atoms with Crippen molar-refractivity contribution in [3.8, 4) is 0 Å². The van der Waals surface area contributed by atoms with E-state index in [0.717, 1.165) is 29.5 Å². The Balaban J connectivity index is 2.11. The second-order valence-corrected chi connectivity index (χ2v) is 7.97. The van der Waals surface area contributed by atoms with Crippen molar-refractivity contribution in [1.82, 2.24) is 9.78 Å². The predicted octanol–water partition coefficient (Wildman–Crippen LogP) is 3.07. The van der Waals surface area contributed by atoms with Gasteiger partial charge in [0.2, 0.25) is 0 Å². The smallest absolute Gasteiger partial charge is 0.142 e. The fourth-order valence-electron chi connectivity index (χ4n) is 3.64. The molecule has 2 heterocycles. The number of aliphatic hydroxyl groups is 1. The van der Waals surface area contributed by atoms with Crippen LogP contribution in [0.2, 0.25) is 0 Å². The molecule has 0 radical (unpaired) electrons. The average Bonchev–Trinajstić information content (AvgIpc) is 2.81. The summed E-state index contributed by atoms with van der Waals surface area (Å²) in [4.78, 5) is 4.46. The highest BCUT2D eigenvalue weighted by atomic mass is 127. The first-order valence-electron chi connectivity index (χ1n) is 7.60. The Morgan fingerprint density at radius 3 is 3.04 bits per heavy atom. The first-order valence-corrected chi connectivity index (χ1v) is 10.2. The Labute approximate surface area is 145 Å². The number of rotatable bonds is 2. The quantitative estimate of drug-likeness (QED) is 0.761. The van der Waals surface area contributed by atoms with Gasteiger partial charge in [-0.1, -0.05) is 37.4 Å². The summed E-state index contributed by atoms with van der Waals surface area (Å²) in [5.41, 5.74) is 2.83. The van der Waals surface area contributed by atoms with Crippen LogP contribution in [0.5, 0.6) is 0 Å². The third kappa shape index (κ3) is 2.17. The molecule has 1 aromatic heterocycles. The molecule has 0 fully saturated rings. The lowest BCUT2D eigenvalue weighted by Crippen LogP contribution is -2.31. The van der Waals surface area contributed by atoms with E-state index in [-0.39, 0.29) is 5.92 Å². The first-order chi connectivity index (χ1) is 11.1. The van der Waals surface area contributed by atoms with Crippen molar-refractivity contribution >= 4 is 31.5 Å². The molecule has 0 spiro atoms. The fourth-order valence-corrected chi connectivity index (χ4v) is 5.18. The van der Waals surface area contributed by atoms with Crippen molar-refractivity contribution in [2.45, 2.75) is 24.4 Å². The number of aryl methyl sites for hydroxylation is 1. The Morgan fingerprint density at radius 1 is 1.43 bits per heavy atom. The second kappa shape index (κ2) is 5.49. The SMILES string of the molecule is C=Ic1cccc2c1C(O)(c1cnn(C)c1)C1=CN=CC2CC1. The molecule has 1 aliphatic carbocycles. The van der Waals surface area contributed by atoms with Gasteiger partial charge in [-0.3, -0.25) is 9.67 Å². The number of hydrogen-bond donors (Lipinski definition) is 1. The van der Waals surface area contributed by atoms with Crippen LogP contribution in [0.25, 0.3) is 0 Å². The van der Waals surface area contributed by atoms with Crippen molar-refractivity contribution in [3.05, 3.63) is 62.6 Å². The molecule has 2 atom stereocenters. The van der Waals surface area contributed by atoms with Gasteiger partial charge >= 0.3 is 0 Å². The predicted molar refractivity (Wildman–Crippen MR) is 101 cm³/mol. The summed E-state index contributed by atoms with van der Waals surface area (Å²) in [5.74, 6) is 0.250. The lowest BCUT2D eigenvalue weighted by atomic mass is 9.79. The van der Waals surface area contributed by atoms with Gasteiger partial charge in [-0.15, -0.1) is 0 Å². The number of aromatic nitrogens is 2. The summed E-state index contributed by atoms with van der Waals surface area (Å²) < 4.78 is 7.11.